The van der Waals surface area contributed by atoms with Crippen LogP contribution in [0.4, 0.5) is 0 Å². The van der Waals surface area contributed by atoms with E-state index in [0.717, 1.165) is 12.8 Å². The first-order chi connectivity index (χ1) is 7.70. The van der Waals surface area contributed by atoms with E-state index < -0.39 is 6.10 Å². The molecule has 0 amide bonds. The van der Waals surface area contributed by atoms with Crippen molar-refractivity contribution in [1.29, 1.82) is 0 Å². The fourth-order valence-corrected chi connectivity index (χ4v) is 1.26. The molecule has 0 bridgehead atoms. The second-order valence-corrected chi connectivity index (χ2v) is 3.90. The largest absolute Gasteiger partial charge is 0.396 e. The van der Waals surface area contributed by atoms with Crippen LogP contribution in [0.1, 0.15) is 19.8 Å². The highest BCUT2D eigenvalue weighted by molar-refractivity contribution is 4.64. The summed E-state index contributed by atoms with van der Waals surface area (Å²) in [6, 6.07) is 0.306. The topological polar surface area (TPSA) is 71.0 Å². The molecule has 0 aromatic carbocycles. The van der Waals surface area contributed by atoms with Crippen LogP contribution >= 0.6 is 0 Å². The maximum absolute atomic E-state index is 9.55. The summed E-state index contributed by atoms with van der Waals surface area (Å²) in [5.74, 6) is 0. The van der Waals surface area contributed by atoms with Crippen molar-refractivity contribution in [3.8, 4) is 0 Å². The zero-order valence-corrected chi connectivity index (χ0v) is 10.3. The van der Waals surface area contributed by atoms with Gasteiger partial charge in [0.05, 0.1) is 25.9 Å². The number of aliphatic hydroxyl groups excluding tert-OH is 2. The first-order valence-electron chi connectivity index (χ1n) is 5.79. The zero-order valence-electron chi connectivity index (χ0n) is 10.3. The minimum absolute atomic E-state index is 0.217. The third-order valence-corrected chi connectivity index (χ3v) is 2.24. The van der Waals surface area contributed by atoms with Crippen molar-refractivity contribution in [2.45, 2.75) is 31.9 Å². The Hall–Kier alpha value is -0.200. The SMILES string of the molecule is COCCOCC(O)CNC(C)CCCO. The van der Waals surface area contributed by atoms with Gasteiger partial charge in [0, 0.05) is 26.3 Å². The summed E-state index contributed by atoms with van der Waals surface area (Å²) >= 11 is 0. The molecule has 0 aliphatic heterocycles. The number of nitrogens with one attached hydrogen (secondary N) is 1. The van der Waals surface area contributed by atoms with Gasteiger partial charge in [0.2, 0.25) is 0 Å². The van der Waals surface area contributed by atoms with E-state index in [1.54, 1.807) is 7.11 Å². The van der Waals surface area contributed by atoms with Gasteiger partial charge >= 0.3 is 0 Å². The van der Waals surface area contributed by atoms with Gasteiger partial charge in [-0.25, -0.2) is 0 Å². The minimum atomic E-state index is -0.492. The van der Waals surface area contributed by atoms with Gasteiger partial charge in [-0.1, -0.05) is 0 Å². The number of methoxy groups -OCH3 is 1. The number of rotatable bonds is 11. The Labute approximate surface area is 97.8 Å². The lowest BCUT2D eigenvalue weighted by Gasteiger charge is -2.16. The number of hydrogen-bond acceptors (Lipinski definition) is 5. The lowest BCUT2D eigenvalue weighted by atomic mass is 10.2. The lowest BCUT2D eigenvalue weighted by molar-refractivity contribution is 0.0129. The van der Waals surface area contributed by atoms with Gasteiger partial charge in [-0.2, -0.15) is 0 Å². The molecule has 16 heavy (non-hydrogen) atoms. The Bertz CT molecular complexity index is 146. The van der Waals surface area contributed by atoms with Gasteiger partial charge in [-0.15, -0.1) is 0 Å². The van der Waals surface area contributed by atoms with Crippen LogP contribution in [0.2, 0.25) is 0 Å². The fourth-order valence-electron chi connectivity index (χ4n) is 1.26. The molecule has 98 valence electrons. The Morgan fingerprint density at radius 3 is 2.69 bits per heavy atom. The highest BCUT2D eigenvalue weighted by Crippen LogP contribution is 1.95. The van der Waals surface area contributed by atoms with E-state index in [-0.39, 0.29) is 6.61 Å². The quantitative estimate of drug-likeness (QED) is 0.431. The van der Waals surface area contributed by atoms with Crippen LogP contribution in [-0.2, 0) is 9.47 Å². The Kier molecular flexibility index (Phi) is 11.1. The fraction of sp³-hybridized carbons (Fsp3) is 1.00. The average molecular weight is 235 g/mol. The first kappa shape index (κ1) is 15.8. The molecule has 0 saturated carbocycles. The maximum Gasteiger partial charge on any atom is 0.0897 e. The molecule has 0 rings (SSSR count). The summed E-state index contributed by atoms with van der Waals surface area (Å²) < 4.78 is 10.0. The average Bonchev–Trinajstić information content (AvgIpc) is 2.29. The molecule has 5 heteroatoms. The highest BCUT2D eigenvalue weighted by atomic mass is 16.5. The third-order valence-electron chi connectivity index (χ3n) is 2.24. The third kappa shape index (κ3) is 10.3. The molecular weight excluding hydrogens is 210 g/mol. The predicted molar refractivity (Wildman–Crippen MR) is 62.5 cm³/mol. The lowest BCUT2D eigenvalue weighted by Crippen LogP contribution is -2.36. The molecule has 5 nitrogen and oxygen atoms in total. The molecule has 3 N–H and O–H groups in total. The zero-order chi connectivity index (χ0) is 12.2. The van der Waals surface area contributed by atoms with Gasteiger partial charge < -0.3 is 25.0 Å². The monoisotopic (exact) mass is 235 g/mol. The van der Waals surface area contributed by atoms with Gasteiger partial charge in [-0.05, 0) is 19.8 Å². The van der Waals surface area contributed by atoms with Crippen molar-refractivity contribution < 1.29 is 19.7 Å². The van der Waals surface area contributed by atoms with E-state index in [4.69, 9.17) is 14.6 Å². The summed E-state index contributed by atoms with van der Waals surface area (Å²) in [5, 5.41) is 21.4. The van der Waals surface area contributed by atoms with Gasteiger partial charge in [-0.3, -0.25) is 0 Å². The Morgan fingerprint density at radius 1 is 1.31 bits per heavy atom. The van der Waals surface area contributed by atoms with Crippen LogP contribution < -0.4 is 5.32 Å². The summed E-state index contributed by atoms with van der Waals surface area (Å²) in [6.07, 6.45) is 1.20. The molecule has 0 spiro atoms. The van der Waals surface area contributed by atoms with Crippen LogP contribution in [0, 0.1) is 0 Å². The van der Waals surface area contributed by atoms with Gasteiger partial charge in [0.1, 0.15) is 0 Å². The van der Waals surface area contributed by atoms with Crippen LogP contribution in [0.3, 0.4) is 0 Å². The Balaban J connectivity index is 3.31. The van der Waals surface area contributed by atoms with E-state index in [1.807, 2.05) is 6.92 Å². The Morgan fingerprint density at radius 2 is 2.06 bits per heavy atom. The molecule has 0 aliphatic carbocycles. The van der Waals surface area contributed by atoms with E-state index in [2.05, 4.69) is 5.32 Å². The van der Waals surface area contributed by atoms with Crippen molar-refractivity contribution in [2.75, 3.05) is 40.1 Å². The second-order valence-electron chi connectivity index (χ2n) is 3.90. The van der Waals surface area contributed by atoms with Crippen molar-refractivity contribution in [2.24, 2.45) is 0 Å². The molecular formula is C11H25NO4. The molecule has 0 aliphatic rings. The van der Waals surface area contributed by atoms with Crippen LogP contribution in [-0.4, -0.2) is 62.4 Å². The summed E-state index contributed by atoms with van der Waals surface area (Å²) in [4.78, 5) is 0. The van der Waals surface area contributed by atoms with Crippen LogP contribution in [0.15, 0.2) is 0 Å². The highest BCUT2D eigenvalue weighted by Gasteiger charge is 2.06. The predicted octanol–water partition coefficient (Wildman–Crippen LogP) is -0.239. The van der Waals surface area contributed by atoms with Crippen molar-refractivity contribution in [1.82, 2.24) is 5.32 Å². The maximum atomic E-state index is 9.55. The van der Waals surface area contributed by atoms with E-state index >= 15 is 0 Å². The molecule has 0 saturated heterocycles. The molecule has 2 unspecified atom stereocenters. The molecule has 0 aromatic rings. The molecule has 0 aromatic heterocycles. The molecule has 0 fully saturated rings. The normalized spacial score (nSPS) is 15.0. The van der Waals surface area contributed by atoms with Gasteiger partial charge in [0.15, 0.2) is 0 Å². The van der Waals surface area contributed by atoms with Crippen LogP contribution in [0.25, 0.3) is 0 Å². The van der Waals surface area contributed by atoms with Gasteiger partial charge in [0.25, 0.3) is 0 Å². The summed E-state index contributed by atoms with van der Waals surface area (Å²) in [6.45, 7) is 4.15. The van der Waals surface area contributed by atoms with Crippen molar-refractivity contribution in [3.05, 3.63) is 0 Å². The number of aliphatic hydroxyl groups is 2. The van der Waals surface area contributed by atoms with E-state index in [1.165, 1.54) is 0 Å². The smallest absolute Gasteiger partial charge is 0.0897 e. The second kappa shape index (κ2) is 11.3. The first-order valence-corrected chi connectivity index (χ1v) is 5.79. The van der Waals surface area contributed by atoms with Crippen molar-refractivity contribution in [3.63, 3.8) is 0 Å². The van der Waals surface area contributed by atoms with E-state index in [0.29, 0.717) is 32.4 Å². The summed E-state index contributed by atoms with van der Waals surface area (Å²) in [5.41, 5.74) is 0. The number of ether oxygens (including phenoxy) is 2. The number of hydrogen-bond donors (Lipinski definition) is 3. The summed E-state index contributed by atoms with van der Waals surface area (Å²) in [7, 11) is 1.62. The van der Waals surface area contributed by atoms with Crippen molar-refractivity contribution >= 4 is 0 Å². The molecule has 2 atom stereocenters. The molecule has 0 heterocycles. The standard InChI is InChI=1S/C11H25NO4/c1-10(4-3-5-13)12-8-11(14)9-16-7-6-15-2/h10-14H,3-9H2,1-2H3. The van der Waals surface area contributed by atoms with E-state index in [9.17, 15) is 5.11 Å². The van der Waals surface area contributed by atoms with Crippen LogP contribution in [0.5, 0.6) is 0 Å². The molecule has 0 radical (unpaired) electrons. The minimum Gasteiger partial charge on any atom is -0.396 e.